The molecule has 3 aromatic rings. The molecule has 1 aromatic heterocycles. The average Bonchev–Trinajstić information content (AvgIpc) is 2.78. The highest BCUT2D eigenvalue weighted by Gasteiger charge is 2.11. The maximum absolute atomic E-state index is 6.17. The first-order valence-corrected chi connectivity index (χ1v) is 9.08. The molecule has 1 N–H and O–H groups in total. The van der Waals surface area contributed by atoms with E-state index in [9.17, 15) is 0 Å². The Morgan fingerprint density at radius 2 is 1.80 bits per heavy atom. The molecule has 1 heterocycles. The van der Waals surface area contributed by atoms with Gasteiger partial charge in [-0.25, -0.2) is 4.98 Å². The molecule has 0 bridgehead atoms. The Labute approximate surface area is 149 Å². The maximum atomic E-state index is 6.17. The third kappa shape index (κ3) is 2.90. The van der Waals surface area contributed by atoms with E-state index in [2.05, 4.69) is 58.1 Å². The van der Waals surface area contributed by atoms with Crippen LogP contribution >= 0.6 is 70.7 Å². The zero-order valence-electron chi connectivity index (χ0n) is 9.75. The summed E-state index contributed by atoms with van der Waals surface area (Å²) in [6.07, 6.45) is 0. The van der Waals surface area contributed by atoms with Gasteiger partial charge in [0.1, 0.15) is 0 Å². The van der Waals surface area contributed by atoms with Crippen LogP contribution in [0.3, 0.4) is 0 Å². The van der Waals surface area contributed by atoms with Gasteiger partial charge in [0.15, 0.2) is 5.13 Å². The van der Waals surface area contributed by atoms with Crippen LogP contribution in [-0.4, -0.2) is 4.98 Å². The number of rotatable bonds is 2. The smallest absolute Gasteiger partial charge is 0.188 e. The molecule has 2 nitrogen and oxygen atoms in total. The van der Waals surface area contributed by atoms with E-state index < -0.39 is 0 Å². The third-order valence-electron chi connectivity index (χ3n) is 2.61. The first-order chi connectivity index (χ1) is 9.54. The predicted molar refractivity (Wildman–Crippen MR) is 97.5 cm³/mol. The summed E-state index contributed by atoms with van der Waals surface area (Å²) < 4.78 is 3.88. The normalized spacial score (nSPS) is 11.0. The van der Waals surface area contributed by atoms with E-state index in [0.29, 0.717) is 0 Å². The molecule has 0 aliphatic carbocycles. The Morgan fingerprint density at radius 1 is 1.10 bits per heavy atom. The van der Waals surface area contributed by atoms with E-state index in [1.54, 1.807) is 0 Å². The fraction of sp³-hybridized carbons (Fsp3) is 0. The molecular weight excluding hydrogens is 491 g/mol. The van der Waals surface area contributed by atoms with Crippen molar-refractivity contribution < 1.29 is 0 Å². The van der Waals surface area contributed by atoms with E-state index >= 15 is 0 Å². The van der Waals surface area contributed by atoms with Crippen molar-refractivity contribution in [2.75, 3.05) is 5.32 Å². The van der Waals surface area contributed by atoms with E-state index in [0.717, 1.165) is 39.5 Å². The Hall–Kier alpha value is -0.140. The van der Waals surface area contributed by atoms with Crippen LogP contribution in [-0.2, 0) is 0 Å². The number of thiazole rings is 1. The molecular formula is C13H6Br3ClN2S. The second-order valence-corrected chi connectivity index (χ2v) is 8.01. The number of nitrogens with one attached hydrogen (secondary N) is 1. The van der Waals surface area contributed by atoms with Crippen molar-refractivity contribution in [1.29, 1.82) is 0 Å². The minimum atomic E-state index is 0.724. The van der Waals surface area contributed by atoms with Crippen LogP contribution in [0.1, 0.15) is 0 Å². The molecule has 0 radical (unpaired) electrons. The lowest BCUT2D eigenvalue weighted by Crippen LogP contribution is -1.92. The average molecular weight is 497 g/mol. The van der Waals surface area contributed by atoms with E-state index in [4.69, 9.17) is 11.6 Å². The molecule has 0 amide bonds. The fourth-order valence-electron chi connectivity index (χ4n) is 1.74. The van der Waals surface area contributed by atoms with Gasteiger partial charge in [-0.2, -0.15) is 0 Å². The summed E-state index contributed by atoms with van der Waals surface area (Å²) in [4.78, 5) is 4.54. The Kier molecular flexibility index (Phi) is 4.38. The summed E-state index contributed by atoms with van der Waals surface area (Å²) in [5, 5.41) is 4.85. The third-order valence-corrected chi connectivity index (χ3v) is 5.76. The fourth-order valence-corrected chi connectivity index (χ4v) is 5.35. The molecule has 0 atom stereocenters. The number of hydrogen-bond donors (Lipinski definition) is 1. The van der Waals surface area contributed by atoms with Crippen LogP contribution in [0.4, 0.5) is 10.8 Å². The maximum Gasteiger partial charge on any atom is 0.188 e. The van der Waals surface area contributed by atoms with Gasteiger partial charge < -0.3 is 5.32 Å². The van der Waals surface area contributed by atoms with Crippen LogP contribution in [0, 0.1) is 0 Å². The molecule has 2 aromatic carbocycles. The summed E-state index contributed by atoms with van der Waals surface area (Å²) in [7, 11) is 0. The molecule has 7 heteroatoms. The van der Waals surface area contributed by atoms with Crippen LogP contribution in [0.15, 0.2) is 43.7 Å². The summed E-state index contributed by atoms with van der Waals surface area (Å²) >= 11 is 18.2. The topological polar surface area (TPSA) is 24.9 Å². The predicted octanol–water partition coefficient (Wildman–Crippen LogP) is 6.98. The van der Waals surface area contributed by atoms with Gasteiger partial charge in [0.25, 0.3) is 0 Å². The molecule has 0 unspecified atom stereocenters. The van der Waals surface area contributed by atoms with Crippen LogP contribution in [0.5, 0.6) is 0 Å². The van der Waals surface area contributed by atoms with Gasteiger partial charge in [-0.15, -0.1) is 0 Å². The summed E-state index contributed by atoms with van der Waals surface area (Å²) in [5.74, 6) is 0. The Bertz CT molecular complexity index is 780. The minimum absolute atomic E-state index is 0.724. The zero-order chi connectivity index (χ0) is 14.3. The van der Waals surface area contributed by atoms with Crippen LogP contribution < -0.4 is 5.32 Å². The van der Waals surface area contributed by atoms with Crippen molar-refractivity contribution in [3.8, 4) is 0 Å². The molecule has 0 spiro atoms. The molecule has 3 rings (SSSR count). The van der Waals surface area contributed by atoms with Crippen molar-refractivity contribution in [1.82, 2.24) is 4.98 Å². The number of halogens is 4. The van der Waals surface area contributed by atoms with Gasteiger partial charge in [0.2, 0.25) is 0 Å². The van der Waals surface area contributed by atoms with Crippen molar-refractivity contribution in [2.24, 2.45) is 0 Å². The first-order valence-electron chi connectivity index (χ1n) is 5.51. The monoisotopic (exact) mass is 494 g/mol. The molecule has 0 aliphatic heterocycles. The number of aromatic nitrogens is 1. The molecule has 0 saturated heterocycles. The Balaban J connectivity index is 2.04. The van der Waals surface area contributed by atoms with Gasteiger partial charge in [-0.1, -0.05) is 44.9 Å². The molecule has 0 saturated carbocycles. The zero-order valence-corrected chi connectivity index (χ0v) is 16.1. The molecule has 0 fully saturated rings. The summed E-state index contributed by atoms with van der Waals surface area (Å²) in [5.41, 5.74) is 1.83. The van der Waals surface area contributed by atoms with Crippen molar-refractivity contribution >= 4 is 91.8 Å². The minimum Gasteiger partial charge on any atom is -0.330 e. The van der Waals surface area contributed by atoms with Crippen molar-refractivity contribution in [3.63, 3.8) is 0 Å². The van der Waals surface area contributed by atoms with Gasteiger partial charge in [0, 0.05) is 13.4 Å². The van der Waals surface area contributed by atoms with Crippen LogP contribution in [0.25, 0.3) is 10.2 Å². The van der Waals surface area contributed by atoms with Gasteiger partial charge in [-0.3, -0.25) is 0 Å². The largest absolute Gasteiger partial charge is 0.330 e. The summed E-state index contributed by atoms with van der Waals surface area (Å²) in [6, 6.07) is 9.69. The van der Waals surface area contributed by atoms with Crippen molar-refractivity contribution in [3.05, 3.63) is 48.8 Å². The van der Waals surface area contributed by atoms with Gasteiger partial charge >= 0.3 is 0 Å². The molecule has 102 valence electrons. The lowest BCUT2D eigenvalue weighted by atomic mass is 10.3. The number of hydrogen-bond acceptors (Lipinski definition) is 3. The number of benzene rings is 2. The van der Waals surface area contributed by atoms with E-state index in [-0.39, 0.29) is 0 Å². The lowest BCUT2D eigenvalue weighted by molar-refractivity contribution is 1.42. The standard InChI is InChI=1S/C13H6Br3ClN2S/c14-6-4-7(15)11(8(16)5-6)19-13-18-10-3-1-2-9(17)12(10)20-13/h1-5H,(H,18,19). The number of nitrogens with zero attached hydrogens (tertiary/aromatic N) is 1. The van der Waals surface area contributed by atoms with Gasteiger partial charge in [-0.05, 0) is 56.1 Å². The second-order valence-electron chi connectivity index (χ2n) is 3.98. The quantitative estimate of drug-likeness (QED) is 0.413. The highest BCUT2D eigenvalue weighted by atomic mass is 79.9. The van der Waals surface area contributed by atoms with Crippen molar-refractivity contribution in [2.45, 2.75) is 0 Å². The first kappa shape index (κ1) is 14.8. The highest BCUT2D eigenvalue weighted by Crippen LogP contribution is 2.39. The van der Waals surface area contributed by atoms with E-state index in [1.165, 1.54) is 11.3 Å². The highest BCUT2D eigenvalue weighted by molar-refractivity contribution is 9.11. The van der Waals surface area contributed by atoms with Gasteiger partial charge in [0.05, 0.1) is 20.9 Å². The summed E-state index contributed by atoms with van der Waals surface area (Å²) in [6.45, 7) is 0. The molecule has 20 heavy (non-hydrogen) atoms. The number of fused-ring (bicyclic) bond motifs is 1. The SMILES string of the molecule is Clc1cccc2nc(Nc3c(Br)cc(Br)cc3Br)sc12. The Morgan fingerprint density at radius 3 is 2.45 bits per heavy atom. The molecule has 0 aliphatic rings. The second kappa shape index (κ2) is 5.93. The number of anilines is 2. The van der Waals surface area contributed by atoms with Crippen LogP contribution in [0.2, 0.25) is 5.02 Å². The lowest BCUT2D eigenvalue weighted by Gasteiger charge is -2.08. The van der Waals surface area contributed by atoms with E-state index in [1.807, 2.05) is 30.3 Å².